The number of carbonyl (C=O) groups excluding carboxylic acids is 1. The smallest absolute Gasteiger partial charge is 0.343 e. The highest BCUT2D eigenvalue weighted by molar-refractivity contribution is 5.95. The number of nitrogens with zero attached hydrogens (tertiary/aromatic N) is 4. The lowest BCUT2D eigenvalue weighted by Gasteiger charge is -2.20. The number of anilines is 3. The number of ether oxygens (including phenoxy) is 1. The van der Waals surface area contributed by atoms with Crippen LogP contribution in [0.5, 0.6) is 0 Å². The summed E-state index contributed by atoms with van der Waals surface area (Å²) < 4.78 is 38.3. The second-order valence-electron chi connectivity index (χ2n) is 12.3. The molecule has 0 atom stereocenters. The minimum atomic E-state index is -2.74. The number of esters is 1. The minimum absolute atomic E-state index is 0.00657. The van der Waals surface area contributed by atoms with Gasteiger partial charge in [0.1, 0.15) is 17.2 Å². The van der Waals surface area contributed by atoms with Crippen LogP contribution in [0.2, 0.25) is 0 Å². The van der Waals surface area contributed by atoms with Crippen molar-refractivity contribution in [2.45, 2.75) is 57.2 Å². The van der Waals surface area contributed by atoms with E-state index in [2.05, 4.69) is 14.9 Å². The summed E-state index contributed by atoms with van der Waals surface area (Å²) in [6.07, 6.45) is 2.86. The average Bonchev–Trinajstić information content (AvgIpc) is 3.83. The van der Waals surface area contributed by atoms with Gasteiger partial charge < -0.3 is 46.1 Å². The number of aliphatic carboxylic acids is 3. The van der Waals surface area contributed by atoms with Gasteiger partial charge in [0.05, 0.1) is 35.9 Å². The summed E-state index contributed by atoms with van der Waals surface area (Å²) in [6, 6.07) is 6.22. The zero-order valence-corrected chi connectivity index (χ0v) is 27.6. The second-order valence-corrected chi connectivity index (χ2v) is 12.3. The number of fused-ring (bicyclic) bond motifs is 2. The molecular weight excluding hydrogens is 690 g/mol. The zero-order chi connectivity index (χ0) is 38.1. The van der Waals surface area contributed by atoms with E-state index in [0.717, 1.165) is 35.7 Å². The van der Waals surface area contributed by atoms with Crippen molar-refractivity contribution < 1.29 is 53.1 Å². The Bertz CT molecular complexity index is 2160. The molecule has 0 amide bonds. The fourth-order valence-electron chi connectivity index (χ4n) is 5.97. The quantitative estimate of drug-likeness (QED) is 0.122. The van der Waals surface area contributed by atoms with Gasteiger partial charge in [0.25, 0.3) is 0 Å². The lowest BCUT2D eigenvalue weighted by molar-refractivity contribution is -0.170. The van der Waals surface area contributed by atoms with E-state index in [4.69, 9.17) is 36.6 Å². The molecule has 0 bridgehead atoms. The van der Waals surface area contributed by atoms with Crippen LogP contribution >= 0.6 is 0 Å². The molecule has 1 saturated carbocycles. The van der Waals surface area contributed by atoms with Gasteiger partial charge in [-0.25, -0.2) is 23.4 Å². The molecule has 1 aliphatic carbocycles. The van der Waals surface area contributed by atoms with Gasteiger partial charge in [-0.3, -0.25) is 14.4 Å². The molecule has 2 aromatic carbocycles. The molecule has 1 aliphatic heterocycles. The topological polar surface area (TPSA) is 261 Å². The van der Waals surface area contributed by atoms with Gasteiger partial charge in [-0.1, -0.05) is 6.07 Å². The number of carboxylic acid groups (broad SMARTS) is 3. The van der Waals surface area contributed by atoms with Crippen molar-refractivity contribution in [3.63, 3.8) is 0 Å². The summed E-state index contributed by atoms with van der Waals surface area (Å²) in [5.74, 6) is -7.12. The summed E-state index contributed by atoms with van der Waals surface area (Å²) in [5, 5.41) is 33.6. The van der Waals surface area contributed by atoms with Crippen LogP contribution in [0.25, 0.3) is 22.0 Å². The summed E-state index contributed by atoms with van der Waals surface area (Å²) in [4.78, 5) is 66.1. The number of aliphatic hydroxyl groups is 1. The number of rotatable bonds is 11. The molecule has 2 aromatic heterocycles. The van der Waals surface area contributed by atoms with Crippen molar-refractivity contribution in [2.75, 3.05) is 29.5 Å². The van der Waals surface area contributed by atoms with Gasteiger partial charge >= 0.3 is 23.9 Å². The summed E-state index contributed by atoms with van der Waals surface area (Å²) in [5.41, 5.74) is 10.6. The maximum Gasteiger partial charge on any atom is 0.343 e. The summed E-state index contributed by atoms with van der Waals surface area (Å²) >= 11 is 0. The number of halogens is 2. The number of nitrogens with two attached hydrogens (primary N) is 2. The fraction of sp³-hybridized carbons (Fsp3) is 0.324. The Balaban J connectivity index is 0.000000345. The molecule has 0 radical (unpaired) electrons. The second kappa shape index (κ2) is 14.6. The maximum absolute atomic E-state index is 16.2. The third-order valence-corrected chi connectivity index (χ3v) is 8.57. The predicted octanol–water partition coefficient (Wildman–Crippen LogP) is 2.73. The first kappa shape index (κ1) is 37.1. The molecule has 4 aromatic rings. The maximum atomic E-state index is 16.2. The van der Waals surface area contributed by atoms with E-state index < -0.39 is 59.4 Å². The Kier molecular flexibility index (Phi) is 10.4. The highest BCUT2D eigenvalue weighted by atomic mass is 19.1. The molecule has 16 nitrogen and oxygen atoms in total. The monoisotopic (exact) mass is 724 g/mol. The minimum Gasteiger partial charge on any atom is -0.481 e. The number of nitrogen functional groups attached to an aromatic ring is 2. The molecular formula is C34H34F2N6O10. The van der Waals surface area contributed by atoms with Crippen molar-refractivity contribution in [2.24, 2.45) is 0 Å². The Hall–Kier alpha value is -6.17. The largest absolute Gasteiger partial charge is 0.481 e. The van der Waals surface area contributed by atoms with Crippen LogP contribution in [0.3, 0.4) is 0 Å². The first-order valence-corrected chi connectivity index (χ1v) is 15.9. The van der Waals surface area contributed by atoms with Crippen LogP contribution in [-0.2, 0) is 32.1 Å². The third-order valence-electron chi connectivity index (χ3n) is 8.57. The van der Waals surface area contributed by atoms with Gasteiger partial charge in [0.15, 0.2) is 11.4 Å². The highest BCUT2D eigenvalue weighted by Crippen LogP contribution is 2.41. The Morgan fingerprint density at radius 1 is 1.06 bits per heavy atom. The Labute approximate surface area is 292 Å². The molecule has 8 N–H and O–H groups in total. The van der Waals surface area contributed by atoms with E-state index in [1.807, 2.05) is 6.07 Å². The number of hydrogen-bond donors (Lipinski definition) is 6. The number of carbonyl (C=O) groups is 4. The molecule has 52 heavy (non-hydrogen) atoms. The average molecular weight is 725 g/mol. The molecule has 0 saturated heterocycles. The van der Waals surface area contributed by atoms with E-state index >= 15 is 8.78 Å². The van der Waals surface area contributed by atoms with Gasteiger partial charge in [-0.2, -0.15) is 4.98 Å². The van der Waals surface area contributed by atoms with Crippen LogP contribution in [0.15, 0.2) is 41.5 Å². The molecule has 0 unspecified atom stereocenters. The predicted molar refractivity (Wildman–Crippen MR) is 180 cm³/mol. The molecule has 18 heteroatoms. The van der Waals surface area contributed by atoms with Crippen LogP contribution < -0.4 is 21.8 Å². The van der Waals surface area contributed by atoms with Crippen molar-refractivity contribution in [3.8, 4) is 11.1 Å². The molecule has 3 heterocycles. The highest BCUT2D eigenvalue weighted by Gasteiger charge is 2.41. The van der Waals surface area contributed by atoms with Crippen molar-refractivity contribution >= 4 is 52.2 Å². The van der Waals surface area contributed by atoms with Crippen LogP contribution in [0.1, 0.15) is 60.1 Å². The van der Waals surface area contributed by atoms with Crippen LogP contribution in [-0.4, -0.2) is 77.6 Å². The molecule has 274 valence electrons. The van der Waals surface area contributed by atoms with Gasteiger partial charge in [-0.15, -0.1) is 0 Å². The number of aromatic nitrogens is 3. The van der Waals surface area contributed by atoms with Gasteiger partial charge in [0, 0.05) is 42.8 Å². The van der Waals surface area contributed by atoms with Crippen molar-refractivity contribution in [1.29, 1.82) is 0 Å². The Morgan fingerprint density at radius 3 is 2.31 bits per heavy atom. The number of benzene rings is 2. The van der Waals surface area contributed by atoms with Gasteiger partial charge in [-0.05, 0) is 55.5 Å². The zero-order valence-electron chi connectivity index (χ0n) is 27.6. The van der Waals surface area contributed by atoms with E-state index in [9.17, 15) is 24.0 Å². The normalized spacial score (nSPS) is 13.7. The fourth-order valence-corrected chi connectivity index (χ4v) is 5.97. The standard InChI is InChI=1S/C28H26F2N6O3.C6H8O7/c1-2-39-27(38)19-13-36(17-4-5-17)24-18(25(19)37)10-20(29)22(23(24)30)15-3-6-21-14(9-15)7-8-35(21)12-16-11-33-28(32)34-26(16)31;7-3(8)1-6(13,5(11)12)2-4(9)10/h3,6,9-11,13,17H,2,4-5,7-8,12H2,1H3,(H4,31,32,33,34);13H,1-2H2,(H,7,8)(H,9,10)(H,11,12). The number of pyridine rings is 1. The van der Waals surface area contributed by atoms with E-state index in [1.54, 1.807) is 29.8 Å². The SMILES string of the molecule is CCOC(=O)c1cn(C2CC2)c2c(F)c(-c3ccc4c(c3)CCN4Cc3cnc(N)nc3N)c(F)cc2c1=O.O=C(O)CC(O)(CC(=O)O)C(=O)O. The molecule has 1 fully saturated rings. The third kappa shape index (κ3) is 7.60. The first-order valence-electron chi connectivity index (χ1n) is 15.9. The summed E-state index contributed by atoms with van der Waals surface area (Å²) in [6.45, 7) is 2.86. The molecule has 0 spiro atoms. The number of carboxylic acids is 3. The lowest BCUT2D eigenvalue weighted by atomic mass is 9.96. The van der Waals surface area contributed by atoms with Crippen LogP contribution in [0.4, 0.5) is 26.2 Å². The van der Waals surface area contributed by atoms with Crippen LogP contribution in [0, 0.1) is 11.6 Å². The lowest BCUT2D eigenvalue weighted by Crippen LogP contribution is -2.42. The van der Waals surface area contributed by atoms with Crippen molar-refractivity contribution in [1.82, 2.24) is 14.5 Å². The first-order chi connectivity index (χ1) is 24.5. The van der Waals surface area contributed by atoms with E-state index in [1.165, 1.54) is 6.20 Å². The molecule has 6 rings (SSSR count). The van der Waals surface area contributed by atoms with E-state index in [-0.39, 0.29) is 40.6 Å². The van der Waals surface area contributed by atoms with Crippen molar-refractivity contribution in [3.05, 3.63) is 75.2 Å². The van der Waals surface area contributed by atoms with E-state index in [0.29, 0.717) is 30.9 Å². The van der Waals surface area contributed by atoms with Gasteiger partial charge in [0.2, 0.25) is 11.4 Å². The molecule has 2 aliphatic rings. The Morgan fingerprint density at radius 2 is 1.73 bits per heavy atom. The number of hydrogen-bond acceptors (Lipinski definition) is 12. The summed E-state index contributed by atoms with van der Waals surface area (Å²) in [7, 11) is 0.